The number of hydrogen-bond donors (Lipinski definition) is 1. The largest absolute Gasteiger partial charge is 0.378 e. The minimum atomic E-state index is -0.173. The summed E-state index contributed by atoms with van der Waals surface area (Å²) >= 11 is 0. The maximum absolute atomic E-state index is 13.6. The SMILES string of the molecule is Cc1cc(N2CCOCC2)nc(NCCc2ccccc2F)n1. The Kier molecular flexibility index (Phi) is 5.02. The van der Waals surface area contributed by atoms with Crippen LogP contribution in [0, 0.1) is 12.7 Å². The van der Waals surface area contributed by atoms with E-state index in [2.05, 4.69) is 20.2 Å². The molecular formula is C17H21FN4O. The van der Waals surface area contributed by atoms with Gasteiger partial charge in [0.1, 0.15) is 11.6 Å². The van der Waals surface area contributed by atoms with E-state index in [0.29, 0.717) is 24.5 Å². The first kappa shape index (κ1) is 15.7. The van der Waals surface area contributed by atoms with Crippen molar-refractivity contribution in [1.29, 1.82) is 0 Å². The highest BCUT2D eigenvalue weighted by Gasteiger charge is 2.14. The normalized spacial score (nSPS) is 14.8. The molecule has 23 heavy (non-hydrogen) atoms. The Balaban J connectivity index is 1.63. The molecule has 5 nitrogen and oxygen atoms in total. The van der Waals surface area contributed by atoms with Crippen molar-refractivity contribution in [2.75, 3.05) is 43.1 Å². The van der Waals surface area contributed by atoms with Crippen molar-refractivity contribution in [3.05, 3.63) is 47.4 Å². The second kappa shape index (κ2) is 7.37. The lowest BCUT2D eigenvalue weighted by molar-refractivity contribution is 0.122. The molecule has 0 bridgehead atoms. The topological polar surface area (TPSA) is 50.3 Å². The molecule has 1 aromatic heterocycles. The molecule has 2 aromatic rings. The Bertz CT molecular complexity index is 659. The lowest BCUT2D eigenvalue weighted by atomic mass is 10.1. The van der Waals surface area contributed by atoms with E-state index < -0.39 is 0 Å². The molecule has 0 radical (unpaired) electrons. The molecule has 1 aromatic carbocycles. The van der Waals surface area contributed by atoms with Crippen LogP contribution < -0.4 is 10.2 Å². The second-order valence-corrected chi connectivity index (χ2v) is 5.56. The average Bonchev–Trinajstić information content (AvgIpc) is 2.57. The zero-order valence-corrected chi connectivity index (χ0v) is 13.3. The van der Waals surface area contributed by atoms with Crippen LogP contribution in [0.25, 0.3) is 0 Å². The van der Waals surface area contributed by atoms with Crippen molar-refractivity contribution < 1.29 is 9.13 Å². The summed E-state index contributed by atoms with van der Waals surface area (Å²) in [6.07, 6.45) is 0.594. The van der Waals surface area contributed by atoms with Gasteiger partial charge in [0.15, 0.2) is 0 Å². The number of halogens is 1. The monoisotopic (exact) mass is 316 g/mol. The molecule has 0 spiro atoms. The predicted molar refractivity (Wildman–Crippen MR) is 88.4 cm³/mol. The van der Waals surface area contributed by atoms with E-state index in [1.165, 1.54) is 6.07 Å². The van der Waals surface area contributed by atoms with E-state index in [9.17, 15) is 4.39 Å². The maximum Gasteiger partial charge on any atom is 0.224 e. The highest BCUT2D eigenvalue weighted by atomic mass is 19.1. The predicted octanol–water partition coefficient (Wildman–Crippen LogP) is 2.42. The maximum atomic E-state index is 13.6. The molecule has 3 rings (SSSR count). The third kappa shape index (κ3) is 4.16. The highest BCUT2D eigenvalue weighted by molar-refractivity contribution is 5.45. The first-order valence-electron chi connectivity index (χ1n) is 7.88. The summed E-state index contributed by atoms with van der Waals surface area (Å²) < 4.78 is 19.0. The summed E-state index contributed by atoms with van der Waals surface area (Å²) in [6.45, 7) is 5.66. The van der Waals surface area contributed by atoms with Crippen LogP contribution >= 0.6 is 0 Å². The van der Waals surface area contributed by atoms with E-state index in [4.69, 9.17) is 4.74 Å². The second-order valence-electron chi connectivity index (χ2n) is 5.56. The molecule has 2 heterocycles. The van der Waals surface area contributed by atoms with Gasteiger partial charge in [-0.3, -0.25) is 0 Å². The molecule has 1 saturated heterocycles. The minimum Gasteiger partial charge on any atom is -0.378 e. The van der Waals surface area contributed by atoms with Crippen molar-refractivity contribution in [1.82, 2.24) is 9.97 Å². The van der Waals surface area contributed by atoms with Crippen LogP contribution in [0.3, 0.4) is 0 Å². The summed E-state index contributed by atoms with van der Waals surface area (Å²) in [5, 5.41) is 3.19. The van der Waals surface area contributed by atoms with E-state index in [-0.39, 0.29) is 5.82 Å². The van der Waals surface area contributed by atoms with Gasteiger partial charge in [0.25, 0.3) is 0 Å². The van der Waals surface area contributed by atoms with Gasteiger partial charge in [0.05, 0.1) is 13.2 Å². The van der Waals surface area contributed by atoms with E-state index in [1.807, 2.05) is 19.1 Å². The van der Waals surface area contributed by atoms with Crippen molar-refractivity contribution in [2.24, 2.45) is 0 Å². The summed E-state index contributed by atoms with van der Waals surface area (Å²) in [6, 6.07) is 8.80. The van der Waals surface area contributed by atoms with E-state index in [1.54, 1.807) is 12.1 Å². The van der Waals surface area contributed by atoms with Crippen LogP contribution in [0.5, 0.6) is 0 Å². The molecule has 0 atom stereocenters. The molecule has 0 aliphatic carbocycles. The standard InChI is InChI=1S/C17H21FN4O/c1-13-12-16(22-8-10-23-11-9-22)21-17(20-13)19-7-6-14-4-2-3-5-15(14)18/h2-5,12H,6-11H2,1H3,(H,19,20,21). The molecule has 0 amide bonds. The van der Waals surface area contributed by atoms with Gasteiger partial charge in [-0.15, -0.1) is 0 Å². The molecule has 0 unspecified atom stereocenters. The summed E-state index contributed by atoms with van der Waals surface area (Å²) in [7, 11) is 0. The van der Waals surface area contributed by atoms with Gasteiger partial charge in [0.2, 0.25) is 5.95 Å². The lowest BCUT2D eigenvalue weighted by Gasteiger charge is -2.28. The number of benzene rings is 1. The Morgan fingerprint density at radius 3 is 2.78 bits per heavy atom. The number of anilines is 2. The van der Waals surface area contributed by atoms with Crippen LogP contribution in [0.4, 0.5) is 16.2 Å². The molecule has 6 heteroatoms. The highest BCUT2D eigenvalue weighted by Crippen LogP contribution is 2.16. The fraction of sp³-hybridized carbons (Fsp3) is 0.412. The Morgan fingerprint density at radius 1 is 1.22 bits per heavy atom. The fourth-order valence-corrected chi connectivity index (χ4v) is 2.60. The van der Waals surface area contributed by atoms with Gasteiger partial charge in [-0.25, -0.2) is 9.37 Å². The van der Waals surface area contributed by atoms with Crippen molar-refractivity contribution in [3.8, 4) is 0 Å². The van der Waals surface area contributed by atoms with Crippen LogP contribution in [-0.4, -0.2) is 42.8 Å². The first-order valence-corrected chi connectivity index (χ1v) is 7.88. The van der Waals surface area contributed by atoms with E-state index >= 15 is 0 Å². The van der Waals surface area contributed by atoms with Gasteiger partial charge >= 0.3 is 0 Å². The van der Waals surface area contributed by atoms with Crippen molar-refractivity contribution in [3.63, 3.8) is 0 Å². The fourth-order valence-electron chi connectivity index (χ4n) is 2.60. The zero-order valence-electron chi connectivity index (χ0n) is 13.3. The third-order valence-electron chi connectivity index (χ3n) is 3.81. The number of aromatic nitrogens is 2. The first-order chi connectivity index (χ1) is 11.2. The number of nitrogens with one attached hydrogen (secondary N) is 1. The van der Waals surface area contributed by atoms with Crippen molar-refractivity contribution in [2.45, 2.75) is 13.3 Å². The number of morpholine rings is 1. The van der Waals surface area contributed by atoms with Gasteiger partial charge in [-0.05, 0) is 25.0 Å². The molecule has 1 N–H and O–H groups in total. The van der Waals surface area contributed by atoms with Gasteiger partial charge in [-0.1, -0.05) is 18.2 Å². The molecule has 1 aliphatic rings. The zero-order chi connectivity index (χ0) is 16.1. The van der Waals surface area contributed by atoms with Gasteiger partial charge < -0.3 is 15.0 Å². The average molecular weight is 316 g/mol. The molecule has 122 valence electrons. The number of rotatable bonds is 5. The van der Waals surface area contributed by atoms with Crippen LogP contribution in [0.15, 0.2) is 30.3 Å². The summed E-state index contributed by atoms with van der Waals surface area (Å²) in [5.74, 6) is 1.32. The number of ether oxygens (including phenoxy) is 1. The van der Waals surface area contributed by atoms with Gasteiger partial charge in [0, 0.05) is 31.4 Å². The third-order valence-corrected chi connectivity index (χ3v) is 3.81. The van der Waals surface area contributed by atoms with Crippen LogP contribution in [0.2, 0.25) is 0 Å². The molecule has 1 fully saturated rings. The number of nitrogens with zero attached hydrogens (tertiary/aromatic N) is 3. The van der Waals surface area contributed by atoms with E-state index in [0.717, 1.165) is 37.8 Å². The molecule has 1 aliphatic heterocycles. The minimum absolute atomic E-state index is 0.173. The molecule has 0 saturated carbocycles. The Morgan fingerprint density at radius 2 is 2.00 bits per heavy atom. The Labute approximate surface area is 135 Å². The molecular weight excluding hydrogens is 295 g/mol. The quantitative estimate of drug-likeness (QED) is 0.918. The van der Waals surface area contributed by atoms with Crippen LogP contribution in [0.1, 0.15) is 11.3 Å². The van der Waals surface area contributed by atoms with Crippen LogP contribution in [-0.2, 0) is 11.2 Å². The smallest absolute Gasteiger partial charge is 0.224 e. The number of aryl methyl sites for hydroxylation is 1. The Hall–Kier alpha value is -2.21. The number of hydrogen-bond acceptors (Lipinski definition) is 5. The van der Waals surface area contributed by atoms with Crippen molar-refractivity contribution >= 4 is 11.8 Å². The summed E-state index contributed by atoms with van der Waals surface area (Å²) in [4.78, 5) is 11.2. The summed E-state index contributed by atoms with van der Waals surface area (Å²) in [5.41, 5.74) is 1.61. The van der Waals surface area contributed by atoms with Gasteiger partial charge in [-0.2, -0.15) is 4.98 Å². The lowest BCUT2D eigenvalue weighted by Crippen LogP contribution is -2.37.